The lowest BCUT2D eigenvalue weighted by molar-refractivity contribution is 0.0642. The predicted octanol–water partition coefficient (Wildman–Crippen LogP) is 3.26. The molecule has 0 fully saturated rings. The van der Waals surface area contributed by atoms with Gasteiger partial charge in [-0.1, -0.05) is 35.8 Å². The van der Waals surface area contributed by atoms with E-state index >= 15 is 0 Å². The average molecular weight is 241 g/mol. The smallest absolute Gasteiger partial charge is 0.0720 e. The maximum Gasteiger partial charge on any atom is 0.0720 e. The first kappa shape index (κ1) is 9.22. The number of hydrogen-bond donors (Lipinski definition) is 0. The molecule has 0 aliphatic carbocycles. The average Bonchev–Trinajstić information content (AvgIpc) is 2.06. The summed E-state index contributed by atoms with van der Waals surface area (Å²) in [4.78, 5) is 0. The van der Waals surface area contributed by atoms with E-state index in [1.165, 1.54) is 11.1 Å². The third kappa shape index (κ3) is 1.65. The SMILES string of the molecule is CC1(C)COCc2ccc(Br)cc21. The van der Waals surface area contributed by atoms with Gasteiger partial charge in [-0.25, -0.2) is 0 Å². The Morgan fingerprint density at radius 2 is 2.15 bits per heavy atom. The van der Waals surface area contributed by atoms with Crippen molar-refractivity contribution in [2.24, 2.45) is 0 Å². The highest BCUT2D eigenvalue weighted by Crippen LogP contribution is 2.33. The molecule has 2 heteroatoms. The zero-order valence-electron chi connectivity index (χ0n) is 7.93. The fourth-order valence-corrected chi connectivity index (χ4v) is 2.16. The van der Waals surface area contributed by atoms with Gasteiger partial charge in [0, 0.05) is 9.89 Å². The summed E-state index contributed by atoms with van der Waals surface area (Å²) in [6, 6.07) is 6.42. The Bertz CT molecular complexity index is 331. The first-order valence-electron chi connectivity index (χ1n) is 4.46. The van der Waals surface area contributed by atoms with E-state index in [-0.39, 0.29) is 5.41 Å². The van der Waals surface area contributed by atoms with Gasteiger partial charge in [0.05, 0.1) is 13.2 Å². The largest absolute Gasteiger partial charge is 0.376 e. The molecule has 0 atom stereocenters. The minimum atomic E-state index is 0.150. The van der Waals surface area contributed by atoms with Crippen LogP contribution in [-0.4, -0.2) is 6.61 Å². The zero-order valence-corrected chi connectivity index (χ0v) is 9.52. The number of fused-ring (bicyclic) bond motifs is 1. The van der Waals surface area contributed by atoms with Crippen molar-refractivity contribution in [1.29, 1.82) is 0 Å². The van der Waals surface area contributed by atoms with Gasteiger partial charge >= 0.3 is 0 Å². The second-order valence-electron chi connectivity index (χ2n) is 4.18. The second kappa shape index (κ2) is 3.10. The molecule has 0 N–H and O–H groups in total. The summed E-state index contributed by atoms with van der Waals surface area (Å²) in [5.41, 5.74) is 2.88. The number of hydrogen-bond acceptors (Lipinski definition) is 1. The fourth-order valence-electron chi connectivity index (χ4n) is 1.80. The topological polar surface area (TPSA) is 9.23 Å². The molecule has 1 aliphatic rings. The normalized spacial score (nSPS) is 19.6. The summed E-state index contributed by atoms with van der Waals surface area (Å²) in [6.45, 7) is 6.01. The number of rotatable bonds is 0. The number of halogens is 1. The molecule has 0 amide bonds. The van der Waals surface area contributed by atoms with Crippen LogP contribution in [0.1, 0.15) is 25.0 Å². The van der Waals surface area contributed by atoms with Crippen LogP contribution in [0.5, 0.6) is 0 Å². The van der Waals surface area contributed by atoms with Crippen molar-refractivity contribution in [2.45, 2.75) is 25.9 Å². The minimum absolute atomic E-state index is 0.150. The highest BCUT2D eigenvalue weighted by molar-refractivity contribution is 9.10. The van der Waals surface area contributed by atoms with Gasteiger partial charge in [-0.05, 0) is 23.3 Å². The Morgan fingerprint density at radius 3 is 2.92 bits per heavy atom. The van der Waals surface area contributed by atoms with Crippen LogP contribution in [0.25, 0.3) is 0 Å². The van der Waals surface area contributed by atoms with Gasteiger partial charge in [0.15, 0.2) is 0 Å². The quantitative estimate of drug-likeness (QED) is 0.677. The van der Waals surface area contributed by atoms with Crippen LogP contribution in [0.2, 0.25) is 0 Å². The Labute approximate surface area is 87.2 Å². The van der Waals surface area contributed by atoms with Gasteiger partial charge in [0.2, 0.25) is 0 Å². The van der Waals surface area contributed by atoms with E-state index in [0.29, 0.717) is 0 Å². The molecule has 0 aromatic heterocycles. The fraction of sp³-hybridized carbons (Fsp3) is 0.455. The van der Waals surface area contributed by atoms with Gasteiger partial charge in [-0.2, -0.15) is 0 Å². The minimum Gasteiger partial charge on any atom is -0.376 e. The van der Waals surface area contributed by atoms with Crippen LogP contribution in [0.4, 0.5) is 0 Å². The highest BCUT2D eigenvalue weighted by Gasteiger charge is 2.27. The van der Waals surface area contributed by atoms with E-state index in [1.54, 1.807) is 0 Å². The van der Waals surface area contributed by atoms with E-state index in [9.17, 15) is 0 Å². The van der Waals surface area contributed by atoms with Crippen LogP contribution < -0.4 is 0 Å². The van der Waals surface area contributed by atoms with Gasteiger partial charge in [-0.3, -0.25) is 0 Å². The molecular formula is C11H13BrO. The highest BCUT2D eigenvalue weighted by atomic mass is 79.9. The van der Waals surface area contributed by atoms with Crippen molar-refractivity contribution in [3.05, 3.63) is 33.8 Å². The number of ether oxygens (including phenoxy) is 1. The molecule has 0 bridgehead atoms. The maximum atomic E-state index is 5.54. The molecule has 0 unspecified atom stereocenters. The Kier molecular flexibility index (Phi) is 2.20. The first-order chi connectivity index (χ1) is 6.09. The molecule has 1 heterocycles. The van der Waals surface area contributed by atoms with E-state index in [2.05, 4.69) is 48.0 Å². The number of benzene rings is 1. The maximum absolute atomic E-state index is 5.54. The molecule has 0 saturated heterocycles. The molecule has 13 heavy (non-hydrogen) atoms. The molecule has 0 spiro atoms. The summed E-state index contributed by atoms with van der Waals surface area (Å²) in [6.07, 6.45) is 0. The van der Waals surface area contributed by atoms with Gasteiger partial charge < -0.3 is 4.74 Å². The molecule has 0 saturated carbocycles. The summed E-state index contributed by atoms with van der Waals surface area (Å²) in [7, 11) is 0. The van der Waals surface area contributed by atoms with E-state index in [0.717, 1.165) is 17.7 Å². The summed E-state index contributed by atoms with van der Waals surface area (Å²) in [5, 5.41) is 0. The van der Waals surface area contributed by atoms with Crippen molar-refractivity contribution in [3.8, 4) is 0 Å². The van der Waals surface area contributed by atoms with E-state index in [1.807, 2.05) is 0 Å². The van der Waals surface area contributed by atoms with Crippen molar-refractivity contribution >= 4 is 15.9 Å². The van der Waals surface area contributed by atoms with Gasteiger partial charge in [-0.15, -0.1) is 0 Å². The zero-order chi connectivity index (χ0) is 9.47. The monoisotopic (exact) mass is 240 g/mol. The molecule has 1 nitrogen and oxygen atoms in total. The molecule has 70 valence electrons. The Hall–Kier alpha value is -0.340. The van der Waals surface area contributed by atoms with Crippen molar-refractivity contribution in [2.75, 3.05) is 6.61 Å². The molecule has 1 aliphatic heterocycles. The summed E-state index contributed by atoms with van der Waals surface area (Å²) >= 11 is 3.50. The van der Waals surface area contributed by atoms with Crippen molar-refractivity contribution in [3.63, 3.8) is 0 Å². The summed E-state index contributed by atoms with van der Waals surface area (Å²) in [5.74, 6) is 0. The Balaban J connectivity index is 2.55. The van der Waals surface area contributed by atoms with Crippen molar-refractivity contribution in [1.82, 2.24) is 0 Å². The van der Waals surface area contributed by atoms with Crippen LogP contribution in [0, 0.1) is 0 Å². The van der Waals surface area contributed by atoms with Gasteiger partial charge in [0.1, 0.15) is 0 Å². The van der Waals surface area contributed by atoms with Crippen molar-refractivity contribution < 1.29 is 4.74 Å². The molecular weight excluding hydrogens is 228 g/mol. The van der Waals surface area contributed by atoms with Crippen LogP contribution in [0.3, 0.4) is 0 Å². The first-order valence-corrected chi connectivity index (χ1v) is 5.25. The van der Waals surface area contributed by atoms with E-state index in [4.69, 9.17) is 4.74 Å². The molecule has 0 radical (unpaired) electrons. The van der Waals surface area contributed by atoms with E-state index < -0.39 is 0 Å². The molecule has 1 aromatic carbocycles. The predicted molar refractivity (Wildman–Crippen MR) is 56.8 cm³/mol. The molecule has 1 aromatic rings. The molecule has 2 rings (SSSR count). The lowest BCUT2D eigenvalue weighted by atomic mass is 9.81. The van der Waals surface area contributed by atoms with Crippen LogP contribution in [0.15, 0.2) is 22.7 Å². The third-order valence-electron chi connectivity index (χ3n) is 2.52. The third-order valence-corrected chi connectivity index (χ3v) is 3.01. The lowest BCUT2D eigenvalue weighted by Gasteiger charge is -2.32. The Morgan fingerprint density at radius 1 is 1.38 bits per heavy atom. The lowest BCUT2D eigenvalue weighted by Crippen LogP contribution is -2.30. The standard InChI is InChI=1S/C11H13BrO/c1-11(2)7-13-6-8-3-4-9(12)5-10(8)11/h3-5H,6-7H2,1-2H3. The second-order valence-corrected chi connectivity index (χ2v) is 5.09. The summed E-state index contributed by atoms with van der Waals surface area (Å²) < 4.78 is 6.69. The van der Waals surface area contributed by atoms with Crippen LogP contribution >= 0.6 is 15.9 Å². The van der Waals surface area contributed by atoms with Gasteiger partial charge in [0.25, 0.3) is 0 Å². The van der Waals surface area contributed by atoms with Crippen LogP contribution in [-0.2, 0) is 16.8 Å².